The molecule has 1 atom stereocenters. The molecular formula is C24H38N4O5S. The maximum absolute atomic E-state index is 13.1. The van der Waals surface area contributed by atoms with Crippen LogP contribution >= 0.6 is 0 Å². The monoisotopic (exact) mass is 494 g/mol. The van der Waals surface area contributed by atoms with Crippen LogP contribution in [0.2, 0.25) is 0 Å². The minimum atomic E-state index is -3.71. The molecule has 0 spiro atoms. The molecule has 9 nitrogen and oxygen atoms in total. The molecule has 0 aliphatic carbocycles. The van der Waals surface area contributed by atoms with Crippen molar-refractivity contribution >= 4 is 22.0 Å². The van der Waals surface area contributed by atoms with Gasteiger partial charge in [0.25, 0.3) is 0 Å². The van der Waals surface area contributed by atoms with Crippen LogP contribution in [0.3, 0.4) is 0 Å². The van der Waals surface area contributed by atoms with Gasteiger partial charge >= 0.3 is 6.09 Å². The van der Waals surface area contributed by atoms with E-state index in [0.717, 1.165) is 38.9 Å². The second-order valence-corrected chi connectivity index (χ2v) is 11.8. The van der Waals surface area contributed by atoms with Crippen LogP contribution in [0.25, 0.3) is 0 Å². The fourth-order valence-corrected chi connectivity index (χ4v) is 5.97. The molecule has 2 saturated heterocycles. The summed E-state index contributed by atoms with van der Waals surface area (Å²) in [6, 6.07) is 7.63. The Morgan fingerprint density at radius 2 is 1.71 bits per heavy atom. The molecule has 190 valence electrons. The lowest BCUT2D eigenvalue weighted by atomic mass is 10.0. The van der Waals surface area contributed by atoms with Crippen LogP contribution in [0, 0.1) is 0 Å². The van der Waals surface area contributed by atoms with E-state index in [9.17, 15) is 18.0 Å². The van der Waals surface area contributed by atoms with Gasteiger partial charge in [0.15, 0.2) is 0 Å². The second-order valence-electron chi connectivity index (χ2n) is 9.89. The quantitative estimate of drug-likeness (QED) is 0.584. The summed E-state index contributed by atoms with van der Waals surface area (Å²) in [7, 11) is -3.71. The highest BCUT2D eigenvalue weighted by Gasteiger charge is 2.37. The normalized spacial score (nSPS) is 20.7. The van der Waals surface area contributed by atoms with Gasteiger partial charge in [0.2, 0.25) is 15.9 Å². The lowest BCUT2D eigenvalue weighted by molar-refractivity contribution is -0.125. The number of piperidine rings is 1. The molecule has 1 N–H and O–H groups in total. The van der Waals surface area contributed by atoms with Crippen LogP contribution in [0.15, 0.2) is 35.2 Å². The predicted octanol–water partition coefficient (Wildman–Crippen LogP) is 2.29. The highest BCUT2D eigenvalue weighted by Crippen LogP contribution is 2.25. The van der Waals surface area contributed by atoms with E-state index in [1.165, 1.54) is 4.31 Å². The molecule has 2 aliphatic heterocycles. The first-order valence-electron chi connectivity index (χ1n) is 12.1. The third-order valence-corrected chi connectivity index (χ3v) is 8.00. The van der Waals surface area contributed by atoms with E-state index in [0.29, 0.717) is 32.6 Å². The fourth-order valence-electron chi connectivity index (χ4n) is 4.30. The lowest BCUT2D eigenvalue weighted by Gasteiger charge is -2.35. The molecule has 0 saturated carbocycles. The third-order valence-electron chi connectivity index (χ3n) is 6.08. The van der Waals surface area contributed by atoms with E-state index in [4.69, 9.17) is 4.74 Å². The number of hydrogen-bond acceptors (Lipinski definition) is 6. The SMILES string of the molecule is CC(C)(C)OC(=O)N1CCN(CCCNC(=O)C2CCCCN2S(=O)(=O)c2ccccc2)CC1. The fraction of sp³-hybridized carbons (Fsp3) is 0.667. The Morgan fingerprint density at radius 3 is 2.35 bits per heavy atom. The first-order valence-corrected chi connectivity index (χ1v) is 13.6. The Balaban J connectivity index is 1.43. The van der Waals surface area contributed by atoms with Crippen molar-refractivity contribution in [1.82, 2.24) is 19.4 Å². The number of amides is 2. The summed E-state index contributed by atoms with van der Waals surface area (Å²) in [6.45, 7) is 10.00. The maximum atomic E-state index is 13.1. The topological polar surface area (TPSA) is 99.3 Å². The molecule has 2 fully saturated rings. The second kappa shape index (κ2) is 11.5. The average Bonchev–Trinajstić information content (AvgIpc) is 2.81. The zero-order valence-corrected chi connectivity index (χ0v) is 21.3. The van der Waals surface area contributed by atoms with Gasteiger partial charge in [-0.15, -0.1) is 0 Å². The largest absolute Gasteiger partial charge is 0.444 e. The highest BCUT2D eigenvalue weighted by molar-refractivity contribution is 7.89. The highest BCUT2D eigenvalue weighted by atomic mass is 32.2. The van der Waals surface area contributed by atoms with Crippen LogP contribution in [0.1, 0.15) is 46.5 Å². The summed E-state index contributed by atoms with van der Waals surface area (Å²) >= 11 is 0. The van der Waals surface area contributed by atoms with Gasteiger partial charge < -0.3 is 15.0 Å². The number of sulfonamides is 1. The van der Waals surface area contributed by atoms with E-state index in [-0.39, 0.29) is 16.9 Å². The smallest absolute Gasteiger partial charge is 0.410 e. The van der Waals surface area contributed by atoms with Crippen molar-refractivity contribution in [2.75, 3.05) is 45.8 Å². The Kier molecular flexibility index (Phi) is 8.95. The van der Waals surface area contributed by atoms with Crippen LogP contribution in [0.5, 0.6) is 0 Å². The minimum Gasteiger partial charge on any atom is -0.444 e. The van der Waals surface area contributed by atoms with Crippen LogP contribution in [0.4, 0.5) is 4.79 Å². The van der Waals surface area contributed by atoms with E-state index in [1.54, 1.807) is 35.2 Å². The number of nitrogens with one attached hydrogen (secondary N) is 1. The summed E-state index contributed by atoms with van der Waals surface area (Å²) in [5, 5.41) is 2.94. The average molecular weight is 495 g/mol. The van der Waals surface area contributed by atoms with Gasteiger partial charge in [-0.1, -0.05) is 24.6 Å². The first-order chi connectivity index (χ1) is 16.1. The zero-order valence-electron chi connectivity index (χ0n) is 20.5. The summed E-state index contributed by atoms with van der Waals surface area (Å²) in [5.41, 5.74) is -0.499. The van der Waals surface area contributed by atoms with Crippen molar-refractivity contribution in [3.8, 4) is 0 Å². The molecule has 1 unspecified atom stereocenters. The first kappa shape index (κ1) is 26.4. The molecule has 0 bridgehead atoms. The molecule has 0 aromatic heterocycles. The van der Waals surface area contributed by atoms with E-state index >= 15 is 0 Å². The lowest BCUT2D eigenvalue weighted by Crippen LogP contribution is -2.52. The number of piperazine rings is 1. The third kappa shape index (κ3) is 7.16. The summed E-state index contributed by atoms with van der Waals surface area (Å²) in [4.78, 5) is 29.3. The van der Waals surface area contributed by atoms with E-state index in [1.807, 2.05) is 20.8 Å². The molecule has 1 aromatic rings. The molecule has 2 heterocycles. The number of hydrogen-bond donors (Lipinski definition) is 1. The van der Waals surface area contributed by atoms with Gasteiger partial charge in [-0.2, -0.15) is 4.31 Å². The Hall–Kier alpha value is -2.17. The molecule has 34 heavy (non-hydrogen) atoms. The molecule has 2 amide bonds. The van der Waals surface area contributed by atoms with Crippen LogP contribution < -0.4 is 5.32 Å². The van der Waals surface area contributed by atoms with Crippen molar-refractivity contribution in [2.24, 2.45) is 0 Å². The number of rotatable bonds is 7. The van der Waals surface area contributed by atoms with Gasteiger partial charge in [0.05, 0.1) is 4.90 Å². The molecular weight excluding hydrogens is 456 g/mol. The Bertz CT molecular complexity index is 924. The number of ether oxygens (including phenoxy) is 1. The summed E-state index contributed by atoms with van der Waals surface area (Å²) in [6.07, 6.45) is 2.61. The van der Waals surface area contributed by atoms with Gasteiger partial charge in [0.1, 0.15) is 11.6 Å². The molecule has 1 aromatic carbocycles. The van der Waals surface area contributed by atoms with Crippen LogP contribution in [-0.2, 0) is 19.6 Å². The van der Waals surface area contributed by atoms with Crippen molar-refractivity contribution < 1.29 is 22.7 Å². The summed E-state index contributed by atoms with van der Waals surface area (Å²) < 4.78 is 33.0. The maximum Gasteiger partial charge on any atom is 0.410 e. The molecule has 0 radical (unpaired) electrons. The van der Waals surface area contributed by atoms with Gasteiger partial charge in [-0.25, -0.2) is 13.2 Å². The number of benzene rings is 1. The zero-order chi connectivity index (χ0) is 24.8. The van der Waals surface area contributed by atoms with E-state index in [2.05, 4.69) is 10.2 Å². The van der Waals surface area contributed by atoms with Crippen molar-refractivity contribution in [2.45, 2.75) is 63.0 Å². The van der Waals surface area contributed by atoms with E-state index < -0.39 is 21.7 Å². The molecule has 10 heteroatoms. The van der Waals surface area contributed by atoms with Crippen molar-refractivity contribution in [3.05, 3.63) is 30.3 Å². The number of nitrogens with zero attached hydrogens (tertiary/aromatic N) is 3. The van der Waals surface area contributed by atoms with Crippen molar-refractivity contribution in [1.29, 1.82) is 0 Å². The van der Waals surface area contributed by atoms with Gasteiger partial charge in [-0.3, -0.25) is 9.69 Å². The van der Waals surface area contributed by atoms with Crippen molar-refractivity contribution in [3.63, 3.8) is 0 Å². The van der Waals surface area contributed by atoms with Gasteiger partial charge in [0, 0.05) is 39.3 Å². The number of carbonyl (C=O) groups is 2. The molecule has 2 aliphatic rings. The Labute approximate surface area is 203 Å². The van der Waals surface area contributed by atoms with Crippen LogP contribution in [-0.4, -0.2) is 92.0 Å². The van der Waals surface area contributed by atoms with Gasteiger partial charge in [-0.05, 0) is 58.7 Å². The molecule has 3 rings (SSSR count). The Morgan fingerprint density at radius 1 is 1.03 bits per heavy atom. The summed E-state index contributed by atoms with van der Waals surface area (Å²) in [5.74, 6) is -0.228. The number of carbonyl (C=O) groups excluding carboxylic acids is 2. The minimum absolute atomic E-state index is 0.222. The predicted molar refractivity (Wildman–Crippen MR) is 130 cm³/mol. The standard InChI is InChI=1S/C24H38N4O5S/c1-24(2,3)33-23(30)27-18-16-26(17-19-27)14-9-13-25-22(29)21-12-7-8-15-28(21)34(31,32)20-10-5-4-6-11-20/h4-6,10-11,21H,7-9,12-19H2,1-3H3,(H,25,29).